The average Bonchev–Trinajstić information content (AvgIpc) is 2.62. The molecule has 3 atom stereocenters. The van der Waals surface area contributed by atoms with Crippen LogP contribution in [0.2, 0.25) is 0 Å². The number of carbonyl (C=O) groups excluding carboxylic acids is 1. The number of fused-ring (bicyclic) bond motifs is 2. The maximum absolute atomic E-state index is 11.9. The smallest absolute Gasteiger partial charge is 0.306 e. The molecule has 2 fully saturated rings. The van der Waals surface area contributed by atoms with Crippen molar-refractivity contribution in [3.8, 4) is 0 Å². The van der Waals surface area contributed by atoms with Crippen LogP contribution in [0.3, 0.4) is 0 Å². The molecule has 0 spiro atoms. The second kappa shape index (κ2) is 4.86. The monoisotopic (exact) mass is 252 g/mol. The third-order valence-electron chi connectivity index (χ3n) is 5.97. The van der Waals surface area contributed by atoms with E-state index < -0.39 is 0 Å². The van der Waals surface area contributed by atoms with E-state index >= 15 is 0 Å². The quantitative estimate of drug-likeness (QED) is 0.538. The molecule has 2 nitrogen and oxygen atoms in total. The first kappa shape index (κ1) is 13.9. The molecule has 0 radical (unpaired) electrons. The topological polar surface area (TPSA) is 26.3 Å². The number of ether oxygens (including phenoxy) is 1. The highest BCUT2D eigenvalue weighted by Crippen LogP contribution is 2.66. The second-order valence-corrected chi connectivity index (χ2v) is 7.05. The van der Waals surface area contributed by atoms with Crippen LogP contribution in [-0.2, 0) is 9.53 Å². The predicted molar refractivity (Wildman–Crippen MR) is 73.3 cm³/mol. The lowest BCUT2D eigenvalue weighted by atomic mass is 9.70. The van der Waals surface area contributed by atoms with Crippen molar-refractivity contribution in [2.24, 2.45) is 16.7 Å². The van der Waals surface area contributed by atoms with Crippen LogP contribution in [0.25, 0.3) is 0 Å². The highest BCUT2D eigenvalue weighted by atomic mass is 16.5. The zero-order chi connectivity index (χ0) is 13.4. The molecule has 18 heavy (non-hydrogen) atoms. The van der Waals surface area contributed by atoms with Gasteiger partial charge in [0.15, 0.2) is 0 Å². The van der Waals surface area contributed by atoms with Crippen molar-refractivity contribution < 1.29 is 9.53 Å². The third-order valence-corrected chi connectivity index (χ3v) is 5.97. The zero-order valence-electron chi connectivity index (χ0n) is 12.4. The van der Waals surface area contributed by atoms with Crippen LogP contribution in [0.4, 0.5) is 0 Å². The summed E-state index contributed by atoms with van der Waals surface area (Å²) in [5.41, 5.74) is 0.541. The van der Waals surface area contributed by atoms with E-state index in [4.69, 9.17) is 4.74 Å². The number of rotatable bonds is 5. The van der Waals surface area contributed by atoms with Gasteiger partial charge in [0.05, 0.1) is 0 Å². The van der Waals surface area contributed by atoms with Gasteiger partial charge in [-0.1, -0.05) is 40.5 Å². The Kier molecular flexibility index (Phi) is 3.75. The molecular weight excluding hydrogens is 224 g/mol. The van der Waals surface area contributed by atoms with Crippen LogP contribution in [0, 0.1) is 16.7 Å². The van der Waals surface area contributed by atoms with Crippen LogP contribution in [-0.4, -0.2) is 12.1 Å². The van der Waals surface area contributed by atoms with Crippen molar-refractivity contribution in [2.75, 3.05) is 0 Å². The molecule has 0 aliphatic heterocycles. The summed E-state index contributed by atoms with van der Waals surface area (Å²) in [4.78, 5) is 11.9. The molecule has 2 aliphatic rings. The van der Waals surface area contributed by atoms with E-state index in [9.17, 15) is 4.79 Å². The lowest BCUT2D eigenvalue weighted by Crippen LogP contribution is -2.38. The molecule has 0 unspecified atom stereocenters. The Morgan fingerprint density at radius 1 is 1.28 bits per heavy atom. The maximum atomic E-state index is 11.9. The number of esters is 1. The predicted octanol–water partition coefficient (Wildman–Crippen LogP) is 4.32. The highest BCUT2D eigenvalue weighted by molar-refractivity contribution is 5.69. The van der Waals surface area contributed by atoms with Crippen molar-refractivity contribution in [3.05, 3.63) is 0 Å². The fourth-order valence-electron chi connectivity index (χ4n) is 4.05. The van der Waals surface area contributed by atoms with Crippen LogP contribution in [0.5, 0.6) is 0 Å². The van der Waals surface area contributed by atoms with Crippen molar-refractivity contribution >= 4 is 5.97 Å². The summed E-state index contributed by atoms with van der Waals surface area (Å²) in [6.07, 6.45) is 7.65. The van der Waals surface area contributed by atoms with E-state index in [1.807, 2.05) is 0 Å². The first-order chi connectivity index (χ1) is 8.41. The fraction of sp³-hybridized carbons (Fsp3) is 0.938. The van der Waals surface area contributed by atoms with E-state index in [1.165, 1.54) is 12.8 Å². The molecule has 0 N–H and O–H groups in total. The van der Waals surface area contributed by atoms with Crippen LogP contribution in [0.15, 0.2) is 0 Å². The van der Waals surface area contributed by atoms with E-state index in [2.05, 4.69) is 27.7 Å². The van der Waals surface area contributed by atoms with E-state index in [0.717, 1.165) is 31.6 Å². The van der Waals surface area contributed by atoms with Gasteiger partial charge in [-0.05, 0) is 37.0 Å². The largest absolute Gasteiger partial charge is 0.462 e. The Balaban J connectivity index is 1.90. The standard InChI is InChI=1S/C16H28O2/c1-5-6-7-8-14(17)18-13-11-12-9-10-16(13,4)15(12,2)3/h12-13H,5-11H2,1-4H3/t12-,13+,16-/m0/s1. The molecule has 2 aliphatic carbocycles. The van der Waals surface area contributed by atoms with Crippen LogP contribution >= 0.6 is 0 Å². The first-order valence-electron chi connectivity index (χ1n) is 7.61. The number of unbranched alkanes of at least 4 members (excludes halogenated alkanes) is 2. The van der Waals surface area contributed by atoms with E-state index in [1.54, 1.807) is 0 Å². The Morgan fingerprint density at radius 3 is 2.50 bits per heavy atom. The molecule has 2 rings (SSSR count). The van der Waals surface area contributed by atoms with E-state index in [-0.39, 0.29) is 17.5 Å². The van der Waals surface area contributed by atoms with Gasteiger partial charge in [-0.2, -0.15) is 0 Å². The Labute approximate surface area is 111 Å². The molecule has 0 aromatic rings. The number of hydrogen-bond acceptors (Lipinski definition) is 2. The Morgan fingerprint density at radius 2 is 2.00 bits per heavy atom. The molecule has 0 amide bonds. The van der Waals surface area contributed by atoms with Gasteiger partial charge in [0.1, 0.15) is 6.10 Å². The third kappa shape index (κ3) is 2.08. The molecule has 0 heterocycles. The minimum Gasteiger partial charge on any atom is -0.462 e. The van der Waals surface area contributed by atoms with Gasteiger partial charge in [-0.15, -0.1) is 0 Å². The van der Waals surface area contributed by atoms with Crippen LogP contribution < -0.4 is 0 Å². The molecule has 104 valence electrons. The van der Waals surface area contributed by atoms with Gasteiger partial charge in [-0.25, -0.2) is 0 Å². The normalized spacial score (nSPS) is 36.9. The molecule has 2 bridgehead atoms. The molecule has 2 heteroatoms. The van der Waals surface area contributed by atoms with Gasteiger partial charge in [-0.3, -0.25) is 4.79 Å². The van der Waals surface area contributed by atoms with Crippen molar-refractivity contribution in [1.82, 2.24) is 0 Å². The summed E-state index contributed by atoms with van der Waals surface area (Å²) in [5, 5.41) is 0. The minimum atomic E-state index is 0.0259. The molecular formula is C16H28O2. The maximum Gasteiger partial charge on any atom is 0.306 e. The minimum absolute atomic E-state index is 0.0259. The highest BCUT2D eigenvalue weighted by Gasteiger charge is 2.62. The van der Waals surface area contributed by atoms with Crippen LogP contribution in [0.1, 0.15) is 72.6 Å². The summed E-state index contributed by atoms with van der Waals surface area (Å²) in [6.45, 7) is 9.19. The van der Waals surface area contributed by atoms with Gasteiger partial charge in [0, 0.05) is 11.8 Å². The van der Waals surface area contributed by atoms with Crippen molar-refractivity contribution in [1.29, 1.82) is 0 Å². The lowest BCUT2D eigenvalue weighted by molar-refractivity contribution is -0.157. The van der Waals surface area contributed by atoms with Crippen molar-refractivity contribution in [2.45, 2.75) is 78.7 Å². The summed E-state index contributed by atoms with van der Waals surface area (Å²) >= 11 is 0. The van der Waals surface area contributed by atoms with Gasteiger partial charge in [0.25, 0.3) is 0 Å². The van der Waals surface area contributed by atoms with Crippen molar-refractivity contribution in [3.63, 3.8) is 0 Å². The summed E-state index contributed by atoms with van der Waals surface area (Å²) in [5.74, 6) is 0.772. The van der Waals surface area contributed by atoms with E-state index in [0.29, 0.717) is 11.8 Å². The Hall–Kier alpha value is -0.530. The van der Waals surface area contributed by atoms with Gasteiger partial charge in [0.2, 0.25) is 0 Å². The summed E-state index contributed by atoms with van der Waals surface area (Å²) in [7, 11) is 0. The second-order valence-electron chi connectivity index (χ2n) is 7.05. The lowest BCUT2D eigenvalue weighted by Gasteiger charge is -2.38. The average molecular weight is 252 g/mol. The number of hydrogen-bond donors (Lipinski definition) is 0. The molecule has 0 saturated heterocycles. The van der Waals surface area contributed by atoms with Gasteiger partial charge >= 0.3 is 5.97 Å². The molecule has 0 aromatic carbocycles. The molecule has 0 aromatic heterocycles. The number of carbonyl (C=O) groups is 1. The summed E-state index contributed by atoms with van der Waals surface area (Å²) < 4.78 is 5.79. The molecule has 2 saturated carbocycles. The van der Waals surface area contributed by atoms with Gasteiger partial charge < -0.3 is 4.74 Å². The zero-order valence-corrected chi connectivity index (χ0v) is 12.4. The summed E-state index contributed by atoms with van der Waals surface area (Å²) in [6, 6.07) is 0. The first-order valence-corrected chi connectivity index (χ1v) is 7.61. The Bertz CT molecular complexity index is 321. The fourth-order valence-corrected chi connectivity index (χ4v) is 4.05. The SMILES string of the molecule is CCCCCC(=O)O[C@@H]1C[C@@H]2CC[C@]1(C)C2(C)C.